The van der Waals surface area contributed by atoms with Gasteiger partial charge < -0.3 is 10.6 Å². The number of nitrogens with two attached hydrogens (primary N) is 1. The molecule has 1 saturated heterocycles. The first-order valence-electron chi connectivity index (χ1n) is 6.16. The predicted octanol–water partition coefficient (Wildman–Crippen LogP) is 2.09. The van der Waals surface area contributed by atoms with Crippen LogP contribution in [0.15, 0.2) is 0 Å². The van der Waals surface area contributed by atoms with Crippen molar-refractivity contribution in [3.05, 3.63) is 0 Å². The summed E-state index contributed by atoms with van der Waals surface area (Å²) in [5.74, 6) is 1.82. The van der Waals surface area contributed by atoms with Gasteiger partial charge >= 0.3 is 0 Å². The van der Waals surface area contributed by atoms with Crippen LogP contribution < -0.4 is 5.73 Å². The molecule has 0 amide bonds. The van der Waals surface area contributed by atoms with Gasteiger partial charge in [0, 0.05) is 0 Å². The predicted molar refractivity (Wildman–Crippen MR) is 62.3 cm³/mol. The summed E-state index contributed by atoms with van der Waals surface area (Å²) in [6.45, 7) is 9.36. The van der Waals surface area contributed by atoms with Crippen molar-refractivity contribution in [2.24, 2.45) is 17.6 Å². The van der Waals surface area contributed by atoms with Crippen molar-refractivity contribution in [3.8, 4) is 0 Å². The highest BCUT2D eigenvalue weighted by molar-refractivity contribution is 4.72. The minimum absolute atomic E-state index is 0.837. The van der Waals surface area contributed by atoms with Gasteiger partial charge in [-0.2, -0.15) is 0 Å². The fraction of sp³-hybridized carbons (Fsp3) is 1.00. The number of likely N-dealkylation sites (tertiary alicyclic amines) is 1. The van der Waals surface area contributed by atoms with Crippen molar-refractivity contribution in [2.75, 3.05) is 26.2 Å². The monoisotopic (exact) mass is 198 g/mol. The van der Waals surface area contributed by atoms with E-state index >= 15 is 0 Å². The highest BCUT2D eigenvalue weighted by Crippen LogP contribution is 2.24. The zero-order valence-electron chi connectivity index (χ0n) is 9.84. The van der Waals surface area contributed by atoms with Gasteiger partial charge in [-0.05, 0) is 63.7 Å². The minimum Gasteiger partial charge on any atom is -0.330 e. The largest absolute Gasteiger partial charge is 0.330 e. The van der Waals surface area contributed by atoms with Crippen LogP contribution in [0.4, 0.5) is 0 Å². The van der Waals surface area contributed by atoms with Crippen LogP contribution in [0.2, 0.25) is 0 Å². The Balaban J connectivity index is 2.26. The van der Waals surface area contributed by atoms with E-state index in [4.69, 9.17) is 5.73 Å². The molecule has 14 heavy (non-hydrogen) atoms. The molecule has 0 radical (unpaired) electrons. The van der Waals surface area contributed by atoms with Crippen LogP contribution in [0.3, 0.4) is 0 Å². The van der Waals surface area contributed by atoms with Crippen LogP contribution >= 0.6 is 0 Å². The summed E-state index contributed by atoms with van der Waals surface area (Å²) < 4.78 is 0. The average molecular weight is 198 g/mol. The molecule has 2 N–H and O–H groups in total. The van der Waals surface area contributed by atoms with Gasteiger partial charge in [-0.15, -0.1) is 0 Å². The van der Waals surface area contributed by atoms with Crippen molar-refractivity contribution < 1.29 is 0 Å². The van der Waals surface area contributed by atoms with Crippen molar-refractivity contribution >= 4 is 0 Å². The van der Waals surface area contributed by atoms with Crippen molar-refractivity contribution in [1.82, 2.24) is 4.90 Å². The zero-order valence-corrected chi connectivity index (χ0v) is 9.84. The lowest BCUT2D eigenvalue weighted by molar-refractivity contribution is 0.270. The molecule has 0 saturated carbocycles. The second-order valence-electron chi connectivity index (χ2n) is 4.92. The Morgan fingerprint density at radius 1 is 1.29 bits per heavy atom. The lowest BCUT2D eigenvalue weighted by Crippen LogP contribution is -2.27. The summed E-state index contributed by atoms with van der Waals surface area (Å²) in [6.07, 6.45) is 5.36. The fourth-order valence-corrected chi connectivity index (χ4v) is 2.39. The third kappa shape index (κ3) is 3.97. The zero-order chi connectivity index (χ0) is 10.4. The number of hydrogen-bond donors (Lipinski definition) is 1. The molecule has 0 bridgehead atoms. The normalized spacial score (nSPS) is 25.3. The Morgan fingerprint density at radius 2 is 2.07 bits per heavy atom. The van der Waals surface area contributed by atoms with E-state index in [9.17, 15) is 0 Å². The van der Waals surface area contributed by atoms with Gasteiger partial charge in [0.25, 0.3) is 0 Å². The Bertz CT molecular complexity index is 145. The lowest BCUT2D eigenvalue weighted by Gasteiger charge is -2.20. The molecule has 0 aromatic rings. The van der Waals surface area contributed by atoms with E-state index in [1.165, 1.54) is 38.9 Å². The first-order valence-corrected chi connectivity index (χ1v) is 6.16. The van der Waals surface area contributed by atoms with E-state index in [-0.39, 0.29) is 0 Å². The van der Waals surface area contributed by atoms with Crippen LogP contribution in [0, 0.1) is 11.8 Å². The summed E-state index contributed by atoms with van der Waals surface area (Å²) >= 11 is 0. The molecule has 1 rings (SSSR count). The average Bonchev–Trinajstić information content (AvgIpc) is 2.39. The van der Waals surface area contributed by atoms with Gasteiger partial charge in [0.2, 0.25) is 0 Å². The molecule has 2 heteroatoms. The molecule has 1 fully saturated rings. The van der Waals surface area contributed by atoms with E-state index in [0.29, 0.717) is 0 Å². The van der Waals surface area contributed by atoms with Crippen LogP contribution in [0.25, 0.3) is 0 Å². The molecule has 84 valence electrons. The molecular weight excluding hydrogens is 172 g/mol. The maximum absolute atomic E-state index is 5.53. The topological polar surface area (TPSA) is 29.3 Å². The maximum Gasteiger partial charge on any atom is -0.000672 e. The summed E-state index contributed by atoms with van der Waals surface area (Å²) in [7, 11) is 0. The Morgan fingerprint density at radius 3 is 2.71 bits per heavy atom. The first-order chi connectivity index (χ1) is 6.74. The van der Waals surface area contributed by atoms with Gasteiger partial charge in [0.05, 0.1) is 0 Å². The van der Waals surface area contributed by atoms with Gasteiger partial charge in [0.15, 0.2) is 0 Å². The molecule has 1 aliphatic heterocycles. The molecule has 0 aliphatic carbocycles. The highest BCUT2D eigenvalue weighted by atomic mass is 15.1. The quantitative estimate of drug-likeness (QED) is 0.749. The maximum atomic E-state index is 5.53. The van der Waals surface area contributed by atoms with Gasteiger partial charge in [-0.3, -0.25) is 0 Å². The minimum atomic E-state index is 0.837. The van der Waals surface area contributed by atoms with Crippen molar-refractivity contribution in [2.45, 2.75) is 39.5 Å². The second-order valence-corrected chi connectivity index (χ2v) is 4.92. The SMILES string of the molecule is CC(C)C1CCCN(CCCN)CC1. The summed E-state index contributed by atoms with van der Waals surface area (Å²) in [6, 6.07) is 0. The smallest absolute Gasteiger partial charge is 0.000672 e. The summed E-state index contributed by atoms with van der Waals surface area (Å²) in [5.41, 5.74) is 5.53. The molecule has 1 unspecified atom stereocenters. The molecule has 0 spiro atoms. The molecule has 1 heterocycles. The number of nitrogens with zero attached hydrogens (tertiary/aromatic N) is 1. The van der Waals surface area contributed by atoms with Crippen LogP contribution in [-0.4, -0.2) is 31.1 Å². The van der Waals surface area contributed by atoms with E-state index in [0.717, 1.165) is 24.8 Å². The molecule has 2 nitrogen and oxygen atoms in total. The van der Waals surface area contributed by atoms with Gasteiger partial charge in [0.1, 0.15) is 0 Å². The molecular formula is C12H26N2. The molecule has 1 aliphatic rings. The first kappa shape index (κ1) is 12.0. The van der Waals surface area contributed by atoms with Crippen molar-refractivity contribution in [1.29, 1.82) is 0 Å². The fourth-order valence-electron chi connectivity index (χ4n) is 2.39. The van der Waals surface area contributed by atoms with E-state index in [2.05, 4.69) is 18.7 Å². The van der Waals surface area contributed by atoms with E-state index in [1.54, 1.807) is 0 Å². The second kappa shape index (κ2) is 6.41. The van der Waals surface area contributed by atoms with Gasteiger partial charge in [-0.1, -0.05) is 13.8 Å². The van der Waals surface area contributed by atoms with E-state index < -0.39 is 0 Å². The highest BCUT2D eigenvalue weighted by Gasteiger charge is 2.18. The van der Waals surface area contributed by atoms with Crippen LogP contribution in [0.5, 0.6) is 0 Å². The standard InChI is InChI=1S/C12H26N2/c1-11(2)12-5-3-8-14(10-6-12)9-4-7-13/h11-12H,3-10,13H2,1-2H3. The summed E-state index contributed by atoms with van der Waals surface area (Å²) in [4.78, 5) is 2.59. The molecule has 0 aromatic heterocycles. The van der Waals surface area contributed by atoms with Crippen LogP contribution in [-0.2, 0) is 0 Å². The summed E-state index contributed by atoms with van der Waals surface area (Å²) in [5, 5.41) is 0. The number of hydrogen-bond acceptors (Lipinski definition) is 2. The lowest BCUT2D eigenvalue weighted by atomic mass is 9.89. The van der Waals surface area contributed by atoms with Gasteiger partial charge in [-0.25, -0.2) is 0 Å². The Kier molecular flexibility index (Phi) is 5.49. The third-order valence-electron chi connectivity index (χ3n) is 3.49. The number of rotatable bonds is 4. The van der Waals surface area contributed by atoms with E-state index in [1.807, 2.05) is 0 Å². The Hall–Kier alpha value is -0.0800. The van der Waals surface area contributed by atoms with Crippen LogP contribution in [0.1, 0.15) is 39.5 Å². The third-order valence-corrected chi connectivity index (χ3v) is 3.49. The van der Waals surface area contributed by atoms with Crippen molar-refractivity contribution in [3.63, 3.8) is 0 Å². The molecule has 0 aromatic carbocycles. The Labute approximate surface area is 88.8 Å². The molecule has 1 atom stereocenters.